The summed E-state index contributed by atoms with van der Waals surface area (Å²) in [5.74, 6) is 1.09. The summed E-state index contributed by atoms with van der Waals surface area (Å²) in [6.07, 6.45) is 2.39. The van der Waals surface area contributed by atoms with Gasteiger partial charge in [-0.3, -0.25) is 4.79 Å². The van der Waals surface area contributed by atoms with Crippen LogP contribution in [0.5, 0.6) is 0 Å². The molecule has 0 radical (unpaired) electrons. The van der Waals surface area contributed by atoms with Crippen LogP contribution in [0.3, 0.4) is 0 Å². The first kappa shape index (κ1) is 18.9. The summed E-state index contributed by atoms with van der Waals surface area (Å²) in [6.45, 7) is 11.6. The van der Waals surface area contributed by atoms with Crippen LogP contribution in [0.1, 0.15) is 48.1 Å². The summed E-state index contributed by atoms with van der Waals surface area (Å²) >= 11 is 0. The minimum absolute atomic E-state index is 0.0950. The number of carbonyl (C=O) groups excluding carboxylic acids is 1. The summed E-state index contributed by atoms with van der Waals surface area (Å²) in [4.78, 5) is 21.1. The third-order valence-electron chi connectivity index (χ3n) is 3.72. The number of anilines is 1. The Balaban J connectivity index is 2.00. The maximum absolute atomic E-state index is 12.5. The van der Waals surface area contributed by atoms with Gasteiger partial charge in [0.1, 0.15) is 17.2 Å². The molecular weight excluding hydrogens is 312 g/mol. The van der Waals surface area contributed by atoms with E-state index in [9.17, 15) is 4.79 Å². The van der Waals surface area contributed by atoms with Crippen LogP contribution < -0.4 is 10.6 Å². The van der Waals surface area contributed by atoms with Crippen LogP contribution in [-0.2, 0) is 6.42 Å². The van der Waals surface area contributed by atoms with E-state index in [1.165, 1.54) is 11.1 Å². The highest BCUT2D eigenvalue weighted by Gasteiger charge is 2.16. The van der Waals surface area contributed by atoms with Gasteiger partial charge in [0.05, 0.1) is 0 Å². The van der Waals surface area contributed by atoms with Crippen molar-refractivity contribution in [1.29, 1.82) is 0 Å². The molecule has 0 aliphatic carbocycles. The second-order valence-electron chi connectivity index (χ2n) is 7.59. The number of hydrogen-bond acceptors (Lipinski definition) is 4. The number of aromatic nitrogens is 2. The third-order valence-corrected chi connectivity index (χ3v) is 3.72. The molecular formula is C20H28N4O. The molecule has 0 bridgehead atoms. The molecule has 0 atom stereocenters. The molecule has 5 heteroatoms. The number of aryl methyl sites for hydroxylation is 2. The zero-order chi connectivity index (χ0) is 18.4. The number of benzene rings is 1. The summed E-state index contributed by atoms with van der Waals surface area (Å²) in [5, 5.41) is 6.24. The first-order valence-corrected chi connectivity index (χ1v) is 8.66. The fourth-order valence-corrected chi connectivity index (χ4v) is 2.40. The van der Waals surface area contributed by atoms with Crippen molar-refractivity contribution >= 4 is 11.7 Å². The van der Waals surface area contributed by atoms with Crippen molar-refractivity contribution in [2.24, 2.45) is 5.41 Å². The van der Waals surface area contributed by atoms with E-state index < -0.39 is 0 Å². The highest BCUT2D eigenvalue weighted by molar-refractivity contribution is 5.98. The fourth-order valence-electron chi connectivity index (χ4n) is 2.40. The second kappa shape index (κ2) is 8.10. The lowest BCUT2D eigenvalue weighted by Gasteiger charge is -2.20. The second-order valence-corrected chi connectivity index (χ2v) is 7.59. The van der Waals surface area contributed by atoms with Gasteiger partial charge < -0.3 is 10.6 Å². The van der Waals surface area contributed by atoms with Gasteiger partial charge in [-0.15, -0.1) is 0 Å². The molecule has 2 N–H and O–H groups in total. The van der Waals surface area contributed by atoms with E-state index in [0.29, 0.717) is 23.8 Å². The zero-order valence-electron chi connectivity index (χ0n) is 15.8. The van der Waals surface area contributed by atoms with E-state index in [4.69, 9.17) is 0 Å². The van der Waals surface area contributed by atoms with Crippen molar-refractivity contribution in [3.05, 3.63) is 53.0 Å². The SMILES string of the molecule is Cc1cccc(CCNC(=O)c2cnc(C)nc2NCC(C)(C)C)c1. The predicted octanol–water partition coefficient (Wildman–Crippen LogP) is 3.52. The fraction of sp³-hybridized carbons (Fsp3) is 0.450. The molecule has 25 heavy (non-hydrogen) atoms. The number of nitrogens with zero attached hydrogens (tertiary/aromatic N) is 2. The monoisotopic (exact) mass is 340 g/mol. The predicted molar refractivity (Wildman–Crippen MR) is 102 cm³/mol. The Bertz CT molecular complexity index is 735. The van der Waals surface area contributed by atoms with Crippen molar-refractivity contribution in [2.45, 2.75) is 41.0 Å². The van der Waals surface area contributed by atoms with Gasteiger partial charge in [-0.25, -0.2) is 9.97 Å². The molecule has 1 aromatic carbocycles. The Kier molecular flexibility index (Phi) is 6.12. The minimum atomic E-state index is -0.149. The Labute approximate surface area is 150 Å². The van der Waals surface area contributed by atoms with Gasteiger partial charge in [0.2, 0.25) is 0 Å². The third kappa shape index (κ3) is 6.18. The van der Waals surface area contributed by atoms with Crippen molar-refractivity contribution < 1.29 is 4.79 Å². The van der Waals surface area contributed by atoms with E-state index in [1.54, 1.807) is 6.20 Å². The van der Waals surface area contributed by atoms with Crippen molar-refractivity contribution in [3.63, 3.8) is 0 Å². The van der Waals surface area contributed by atoms with Crippen LogP contribution in [0.15, 0.2) is 30.5 Å². The first-order valence-electron chi connectivity index (χ1n) is 8.66. The summed E-state index contributed by atoms with van der Waals surface area (Å²) in [6, 6.07) is 8.32. The molecule has 1 amide bonds. The average molecular weight is 340 g/mol. The number of hydrogen-bond donors (Lipinski definition) is 2. The first-order chi connectivity index (χ1) is 11.7. The Morgan fingerprint density at radius 3 is 2.64 bits per heavy atom. The minimum Gasteiger partial charge on any atom is -0.369 e. The number of nitrogens with one attached hydrogen (secondary N) is 2. The van der Waals surface area contributed by atoms with Gasteiger partial charge in [-0.2, -0.15) is 0 Å². The van der Waals surface area contributed by atoms with E-state index >= 15 is 0 Å². The lowest BCUT2D eigenvalue weighted by Crippen LogP contribution is -2.28. The van der Waals surface area contributed by atoms with Gasteiger partial charge in [0.25, 0.3) is 5.91 Å². The van der Waals surface area contributed by atoms with Crippen LogP contribution in [0, 0.1) is 19.3 Å². The van der Waals surface area contributed by atoms with Crippen LogP contribution >= 0.6 is 0 Å². The molecule has 5 nitrogen and oxygen atoms in total. The lowest BCUT2D eigenvalue weighted by molar-refractivity contribution is 0.0954. The van der Waals surface area contributed by atoms with Crippen molar-refractivity contribution in [2.75, 3.05) is 18.4 Å². The van der Waals surface area contributed by atoms with Gasteiger partial charge >= 0.3 is 0 Å². The molecule has 0 saturated heterocycles. The molecule has 1 heterocycles. The standard InChI is InChI=1S/C20H28N4O/c1-14-7-6-8-16(11-14)9-10-21-19(25)17-12-22-15(2)24-18(17)23-13-20(3,4)5/h6-8,11-12H,9-10,13H2,1-5H3,(H,21,25)(H,22,23,24). The van der Waals surface area contributed by atoms with Gasteiger partial charge in [-0.1, -0.05) is 50.6 Å². The van der Waals surface area contributed by atoms with Crippen LogP contribution in [0.4, 0.5) is 5.82 Å². The van der Waals surface area contributed by atoms with Crippen LogP contribution in [-0.4, -0.2) is 29.0 Å². The largest absolute Gasteiger partial charge is 0.369 e. The van der Waals surface area contributed by atoms with Gasteiger partial charge in [-0.05, 0) is 31.2 Å². The smallest absolute Gasteiger partial charge is 0.256 e. The van der Waals surface area contributed by atoms with E-state index in [-0.39, 0.29) is 11.3 Å². The molecule has 0 unspecified atom stereocenters. The summed E-state index contributed by atoms with van der Waals surface area (Å²) in [5.41, 5.74) is 3.02. The molecule has 2 aromatic rings. The maximum Gasteiger partial charge on any atom is 0.256 e. The van der Waals surface area contributed by atoms with Crippen molar-refractivity contribution in [3.8, 4) is 0 Å². The lowest BCUT2D eigenvalue weighted by atomic mass is 9.97. The van der Waals surface area contributed by atoms with Gasteiger partial charge in [0.15, 0.2) is 0 Å². The zero-order valence-corrected chi connectivity index (χ0v) is 15.8. The Morgan fingerprint density at radius 1 is 1.20 bits per heavy atom. The molecule has 134 valence electrons. The van der Waals surface area contributed by atoms with Crippen LogP contribution in [0.2, 0.25) is 0 Å². The van der Waals surface area contributed by atoms with Crippen molar-refractivity contribution in [1.82, 2.24) is 15.3 Å². The normalized spacial score (nSPS) is 11.2. The van der Waals surface area contributed by atoms with E-state index in [2.05, 4.69) is 66.5 Å². The maximum atomic E-state index is 12.5. The Hall–Kier alpha value is -2.43. The topological polar surface area (TPSA) is 66.9 Å². The van der Waals surface area contributed by atoms with E-state index in [1.807, 2.05) is 13.0 Å². The molecule has 0 aliphatic rings. The molecule has 2 rings (SSSR count). The quantitative estimate of drug-likeness (QED) is 0.844. The number of rotatable bonds is 6. The molecule has 0 fully saturated rings. The Morgan fingerprint density at radius 2 is 1.96 bits per heavy atom. The molecule has 0 aliphatic heterocycles. The number of carbonyl (C=O) groups is 1. The molecule has 0 spiro atoms. The highest BCUT2D eigenvalue weighted by Crippen LogP contribution is 2.17. The summed E-state index contributed by atoms with van der Waals surface area (Å²) < 4.78 is 0. The average Bonchev–Trinajstić information content (AvgIpc) is 2.52. The molecule has 1 aromatic heterocycles. The van der Waals surface area contributed by atoms with E-state index in [0.717, 1.165) is 13.0 Å². The highest BCUT2D eigenvalue weighted by atomic mass is 16.1. The molecule has 0 saturated carbocycles. The van der Waals surface area contributed by atoms with Crippen LogP contribution in [0.25, 0.3) is 0 Å². The number of amides is 1. The summed E-state index contributed by atoms with van der Waals surface area (Å²) in [7, 11) is 0. The van der Waals surface area contributed by atoms with Gasteiger partial charge in [0, 0.05) is 19.3 Å².